The maximum absolute atomic E-state index is 13.1. The molecule has 0 spiro atoms. The summed E-state index contributed by atoms with van der Waals surface area (Å²) in [6.45, 7) is 2.81. The van der Waals surface area contributed by atoms with Crippen LogP contribution in [0.5, 0.6) is 5.88 Å². The minimum absolute atomic E-state index is 0.00639. The minimum atomic E-state index is -0.185. The summed E-state index contributed by atoms with van der Waals surface area (Å²) in [6.07, 6.45) is 1.84. The smallest absolute Gasteiger partial charge is 0.214 e. The average molecular weight is 552 g/mol. The Morgan fingerprint density at radius 1 is 0.780 bits per heavy atom. The number of aromatic hydroxyl groups is 1. The first-order valence-corrected chi connectivity index (χ1v) is 13.4. The van der Waals surface area contributed by atoms with Crippen LogP contribution >= 0.6 is 0 Å². The van der Waals surface area contributed by atoms with Crippen LogP contribution in [0.2, 0.25) is 0 Å². The fourth-order valence-electron chi connectivity index (χ4n) is 4.82. The number of hydrogen-bond donors (Lipinski definition) is 1. The molecule has 41 heavy (non-hydrogen) atoms. The number of aliphatic imine (C=N–C) groups is 1. The maximum Gasteiger partial charge on any atom is 0.214 e. The summed E-state index contributed by atoms with van der Waals surface area (Å²) in [6, 6.07) is 24.6. The standard InChI is InChI=1S/C31H29N5O5/c37-30-24-10-4-6-12-26(24)32-29(30)28-25-11-5-7-13-27(25)35(31(28)38)14-15-39-16-17-40-18-19-41-21-22-20-36(34-33-22)23-8-2-1-3-9-23/h1-13,20,38H,14-19,21H2. The molecule has 5 aromatic rings. The van der Waals surface area contributed by atoms with Crippen LogP contribution in [-0.4, -0.2) is 69.2 Å². The molecule has 6 rings (SSSR count). The minimum Gasteiger partial charge on any atom is -0.494 e. The molecule has 1 aliphatic heterocycles. The van der Waals surface area contributed by atoms with Gasteiger partial charge < -0.3 is 23.9 Å². The molecule has 1 N–H and O–H groups in total. The van der Waals surface area contributed by atoms with E-state index in [1.807, 2.05) is 72.9 Å². The lowest BCUT2D eigenvalue weighted by atomic mass is 10.0. The summed E-state index contributed by atoms with van der Waals surface area (Å²) in [5.41, 5.74) is 4.38. The third-order valence-corrected chi connectivity index (χ3v) is 6.79. The molecule has 0 saturated carbocycles. The van der Waals surface area contributed by atoms with Crippen molar-refractivity contribution in [1.29, 1.82) is 0 Å². The Hall–Kier alpha value is -4.64. The lowest BCUT2D eigenvalue weighted by Crippen LogP contribution is -2.13. The molecule has 0 bridgehead atoms. The van der Waals surface area contributed by atoms with Gasteiger partial charge in [0.15, 0.2) is 0 Å². The molecule has 0 atom stereocenters. The Morgan fingerprint density at radius 3 is 2.32 bits per heavy atom. The Kier molecular flexibility index (Phi) is 7.94. The number of carbonyl (C=O) groups excluding carboxylic acids is 1. The molecular formula is C31H29N5O5. The highest BCUT2D eigenvalue weighted by molar-refractivity contribution is 6.56. The van der Waals surface area contributed by atoms with Crippen molar-refractivity contribution < 1.29 is 24.1 Å². The third-order valence-electron chi connectivity index (χ3n) is 6.79. The van der Waals surface area contributed by atoms with E-state index in [-0.39, 0.29) is 17.4 Å². The number of ether oxygens (including phenoxy) is 3. The molecule has 0 unspecified atom stereocenters. The Morgan fingerprint density at radius 2 is 1.49 bits per heavy atom. The van der Waals surface area contributed by atoms with Crippen molar-refractivity contribution >= 4 is 28.1 Å². The monoisotopic (exact) mass is 551 g/mol. The van der Waals surface area contributed by atoms with Crippen LogP contribution in [0.1, 0.15) is 21.6 Å². The molecule has 0 aliphatic carbocycles. The number of aromatic nitrogens is 4. The van der Waals surface area contributed by atoms with Gasteiger partial charge in [0, 0.05) is 17.5 Å². The van der Waals surface area contributed by atoms with Crippen LogP contribution in [-0.2, 0) is 27.4 Å². The van der Waals surface area contributed by atoms with E-state index in [0.29, 0.717) is 63.0 Å². The van der Waals surface area contributed by atoms with E-state index in [1.165, 1.54) is 0 Å². The van der Waals surface area contributed by atoms with Crippen LogP contribution in [0.15, 0.2) is 90.1 Å². The van der Waals surface area contributed by atoms with Crippen LogP contribution < -0.4 is 0 Å². The molecule has 3 heterocycles. The summed E-state index contributed by atoms with van der Waals surface area (Å²) < 4.78 is 20.5. The second-order valence-electron chi connectivity index (χ2n) is 9.44. The van der Waals surface area contributed by atoms with Gasteiger partial charge in [-0.1, -0.05) is 53.7 Å². The maximum atomic E-state index is 13.1. The molecule has 3 aromatic carbocycles. The average Bonchev–Trinajstić information content (AvgIpc) is 3.69. The molecule has 10 heteroatoms. The summed E-state index contributed by atoms with van der Waals surface area (Å²) in [7, 11) is 0. The van der Waals surface area contributed by atoms with Crippen molar-refractivity contribution in [3.8, 4) is 11.6 Å². The van der Waals surface area contributed by atoms with E-state index >= 15 is 0 Å². The highest BCUT2D eigenvalue weighted by Gasteiger charge is 2.31. The summed E-state index contributed by atoms with van der Waals surface area (Å²) >= 11 is 0. The number of nitrogens with zero attached hydrogens (tertiary/aromatic N) is 5. The van der Waals surface area contributed by atoms with Gasteiger partial charge in [0.25, 0.3) is 0 Å². The highest BCUT2D eigenvalue weighted by Crippen LogP contribution is 2.37. The molecular weight excluding hydrogens is 522 g/mol. The zero-order chi connectivity index (χ0) is 28.0. The quantitative estimate of drug-likeness (QED) is 0.215. The number of fused-ring (bicyclic) bond motifs is 2. The van der Waals surface area contributed by atoms with Gasteiger partial charge >= 0.3 is 0 Å². The number of rotatable bonds is 13. The lowest BCUT2D eigenvalue weighted by Gasteiger charge is -2.09. The Balaban J connectivity index is 0.944. The van der Waals surface area contributed by atoms with Gasteiger partial charge in [-0.25, -0.2) is 9.67 Å². The Labute approximate surface area is 236 Å². The second kappa shape index (κ2) is 12.3. The largest absolute Gasteiger partial charge is 0.494 e. The normalized spacial score (nSPS) is 12.7. The first-order chi connectivity index (χ1) is 20.2. The summed E-state index contributed by atoms with van der Waals surface area (Å²) in [5, 5.41) is 20.2. The highest BCUT2D eigenvalue weighted by atomic mass is 16.5. The van der Waals surface area contributed by atoms with Crippen LogP contribution in [0.3, 0.4) is 0 Å². The Bertz CT molecular complexity index is 1690. The molecule has 0 radical (unpaired) electrons. The number of ketones is 1. The van der Waals surface area contributed by atoms with Crippen molar-refractivity contribution in [2.24, 2.45) is 4.99 Å². The van der Waals surface area contributed by atoms with E-state index in [4.69, 9.17) is 14.2 Å². The molecule has 208 valence electrons. The van der Waals surface area contributed by atoms with Crippen molar-refractivity contribution in [3.63, 3.8) is 0 Å². The summed E-state index contributed by atoms with van der Waals surface area (Å²) in [5.74, 6) is -0.179. The van der Waals surface area contributed by atoms with Crippen molar-refractivity contribution in [2.75, 3.05) is 33.0 Å². The lowest BCUT2D eigenvalue weighted by molar-refractivity contribution is 0.00879. The molecule has 1 aliphatic rings. The summed E-state index contributed by atoms with van der Waals surface area (Å²) in [4.78, 5) is 17.6. The van der Waals surface area contributed by atoms with Crippen LogP contribution in [0, 0.1) is 0 Å². The number of hydrogen-bond acceptors (Lipinski definition) is 8. The van der Waals surface area contributed by atoms with Crippen LogP contribution in [0.25, 0.3) is 16.6 Å². The zero-order valence-electron chi connectivity index (χ0n) is 22.3. The fourth-order valence-corrected chi connectivity index (χ4v) is 4.82. The molecule has 10 nitrogen and oxygen atoms in total. The molecule has 0 saturated heterocycles. The predicted octanol–water partition coefficient (Wildman–Crippen LogP) is 4.49. The molecule has 0 amide bonds. The molecule has 0 fully saturated rings. The van der Waals surface area contributed by atoms with E-state index in [0.717, 1.165) is 22.3 Å². The second-order valence-corrected chi connectivity index (χ2v) is 9.44. The first-order valence-electron chi connectivity index (χ1n) is 13.4. The van der Waals surface area contributed by atoms with Crippen molar-refractivity contribution in [1.82, 2.24) is 19.6 Å². The van der Waals surface area contributed by atoms with Crippen molar-refractivity contribution in [3.05, 3.63) is 102 Å². The number of carbonyl (C=O) groups is 1. The van der Waals surface area contributed by atoms with Crippen molar-refractivity contribution in [2.45, 2.75) is 13.2 Å². The van der Waals surface area contributed by atoms with Gasteiger partial charge in [0.2, 0.25) is 11.7 Å². The van der Waals surface area contributed by atoms with Gasteiger partial charge in [-0.3, -0.25) is 4.79 Å². The van der Waals surface area contributed by atoms with E-state index in [1.54, 1.807) is 21.4 Å². The number of Topliss-reactive ketones (excluding diaryl/α,β-unsaturated/α-hetero) is 1. The molecule has 2 aromatic heterocycles. The fraction of sp³-hybridized carbons (Fsp3) is 0.226. The van der Waals surface area contributed by atoms with Gasteiger partial charge in [-0.2, -0.15) is 0 Å². The van der Waals surface area contributed by atoms with Gasteiger partial charge in [-0.15, -0.1) is 5.10 Å². The van der Waals surface area contributed by atoms with E-state index in [2.05, 4.69) is 15.3 Å². The van der Waals surface area contributed by atoms with E-state index < -0.39 is 0 Å². The SMILES string of the molecule is O=C1C(c2c(O)n(CCOCCOCCOCc3cn(-c4ccccc4)nn3)c3ccccc23)=Nc2ccccc21. The van der Waals surface area contributed by atoms with Gasteiger partial charge in [0.05, 0.1) is 68.3 Å². The number of para-hydroxylation sites is 3. The van der Waals surface area contributed by atoms with Gasteiger partial charge in [-0.05, 0) is 30.3 Å². The predicted molar refractivity (Wildman–Crippen MR) is 153 cm³/mol. The number of benzene rings is 3. The zero-order valence-corrected chi connectivity index (χ0v) is 22.3. The van der Waals surface area contributed by atoms with E-state index in [9.17, 15) is 9.90 Å². The first kappa shape index (κ1) is 26.6. The topological polar surface area (TPSA) is 113 Å². The van der Waals surface area contributed by atoms with Gasteiger partial charge in [0.1, 0.15) is 11.4 Å². The van der Waals surface area contributed by atoms with Crippen LogP contribution in [0.4, 0.5) is 5.69 Å². The third kappa shape index (κ3) is 5.66.